The van der Waals surface area contributed by atoms with Gasteiger partial charge in [0.05, 0.1) is 5.56 Å². The zero-order valence-corrected chi connectivity index (χ0v) is 10.7. The number of nitrogens with one attached hydrogen (secondary N) is 2. The van der Waals surface area contributed by atoms with Gasteiger partial charge in [-0.3, -0.25) is 4.79 Å². The molecule has 0 radical (unpaired) electrons. The van der Waals surface area contributed by atoms with Crippen molar-refractivity contribution in [1.82, 2.24) is 10.6 Å². The van der Waals surface area contributed by atoms with E-state index in [9.17, 15) is 18.0 Å². The first-order chi connectivity index (χ1) is 8.91. The molecule has 0 saturated carbocycles. The molecule has 1 aromatic rings. The van der Waals surface area contributed by atoms with Gasteiger partial charge in [-0.2, -0.15) is 13.2 Å². The van der Waals surface area contributed by atoms with Crippen molar-refractivity contribution < 1.29 is 18.0 Å². The van der Waals surface area contributed by atoms with Crippen LogP contribution in [0.25, 0.3) is 0 Å². The molecule has 0 heterocycles. The molecule has 0 aliphatic heterocycles. The average Bonchev–Trinajstić information content (AvgIpc) is 2.32. The van der Waals surface area contributed by atoms with Crippen molar-refractivity contribution in [3.63, 3.8) is 0 Å². The normalized spacial score (nSPS) is 11.4. The molecule has 0 fully saturated rings. The Hall–Kier alpha value is -1.56. The molecule has 0 unspecified atom stereocenters. The smallest absolute Gasteiger partial charge is 0.356 e. The highest BCUT2D eigenvalue weighted by atomic mass is 19.4. The van der Waals surface area contributed by atoms with Gasteiger partial charge >= 0.3 is 6.18 Å². The van der Waals surface area contributed by atoms with Gasteiger partial charge in [-0.15, -0.1) is 0 Å². The fourth-order valence-corrected chi connectivity index (χ4v) is 1.65. The number of halogens is 3. The van der Waals surface area contributed by atoms with Crippen molar-refractivity contribution in [1.29, 1.82) is 0 Å². The predicted molar refractivity (Wildman–Crippen MR) is 66.5 cm³/mol. The van der Waals surface area contributed by atoms with Gasteiger partial charge in [0.15, 0.2) is 0 Å². The van der Waals surface area contributed by atoms with E-state index in [-0.39, 0.29) is 18.0 Å². The molecule has 1 aromatic carbocycles. The molecule has 2 N–H and O–H groups in total. The van der Waals surface area contributed by atoms with Gasteiger partial charge in [-0.1, -0.05) is 18.2 Å². The second-order valence-electron chi connectivity index (χ2n) is 4.17. The molecular weight excluding hydrogens is 257 g/mol. The molecule has 0 saturated heterocycles. The van der Waals surface area contributed by atoms with Gasteiger partial charge in [0.2, 0.25) is 5.91 Å². The molecule has 106 valence electrons. The molecule has 0 aromatic heterocycles. The summed E-state index contributed by atoms with van der Waals surface area (Å²) in [6.45, 7) is 2.65. The van der Waals surface area contributed by atoms with Crippen LogP contribution in [0.15, 0.2) is 24.3 Å². The second-order valence-corrected chi connectivity index (χ2v) is 4.17. The summed E-state index contributed by atoms with van der Waals surface area (Å²) >= 11 is 0. The third-order valence-corrected chi connectivity index (χ3v) is 2.54. The number of benzene rings is 1. The minimum atomic E-state index is -4.32. The Morgan fingerprint density at radius 3 is 2.53 bits per heavy atom. The van der Waals surface area contributed by atoms with E-state index in [0.29, 0.717) is 19.5 Å². The summed E-state index contributed by atoms with van der Waals surface area (Å²) in [5.41, 5.74) is -0.376. The van der Waals surface area contributed by atoms with Gasteiger partial charge in [-0.05, 0) is 24.6 Å². The first kappa shape index (κ1) is 15.5. The van der Waals surface area contributed by atoms with Crippen LogP contribution in [0.1, 0.15) is 24.5 Å². The van der Waals surface area contributed by atoms with Crippen LogP contribution < -0.4 is 10.6 Å². The Labute approximate surface area is 110 Å². The van der Waals surface area contributed by atoms with Crippen molar-refractivity contribution in [2.45, 2.75) is 26.1 Å². The van der Waals surface area contributed by atoms with Crippen LogP contribution in [0.3, 0.4) is 0 Å². The Morgan fingerprint density at radius 2 is 1.89 bits per heavy atom. The number of carbonyl (C=O) groups excluding carboxylic acids is 1. The molecule has 0 aliphatic carbocycles. The number of amides is 1. The van der Waals surface area contributed by atoms with Crippen LogP contribution in [0, 0.1) is 0 Å². The summed E-state index contributed by atoms with van der Waals surface area (Å²) in [5, 5.41) is 5.56. The topological polar surface area (TPSA) is 41.1 Å². The molecule has 0 bridgehead atoms. The van der Waals surface area contributed by atoms with Crippen LogP contribution >= 0.6 is 0 Å². The van der Waals surface area contributed by atoms with E-state index in [2.05, 4.69) is 10.6 Å². The zero-order chi connectivity index (χ0) is 14.3. The summed E-state index contributed by atoms with van der Waals surface area (Å²) in [7, 11) is 0. The minimum Gasteiger partial charge on any atom is -0.356 e. The van der Waals surface area contributed by atoms with Crippen LogP contribution in [-0.4, -0.2) is 19.0 Å². The van der Waals surface area contributed by atoms with Gasteiger partial charge in [0.1, 0.15) is 0 Å². The highest BCUT2D eigenvalue weighted by Gasteiger charge is 2.32. The number of hydrogen-bond donors (Lipinski definition) is 2. The molecule has 3 nitrogen and oxygen atoms in total. The van der Waals surface area contributed by atoms with Crippen LogP contribution in [0.2, 0.25) is 0 Å². The second kappa shape index (κ2) is 7.13. The lowest BCUT2D eigenvalue weighted by Gasteiger charge is -2.13. The van der Waals surface area contributed by atoms with Crippen molar-refractivity contribution in [3.05, 3.63) is 35.4 Å². The largest absolute Gasteiger partial charge is 0.416 e. The fourth-order valence-electron chi connectivity index (χ4n) is 1.65. The highest BCUT2D eigenvalue weighted by molar-refractivity contribution is 5.72. The monoisotopic (exact) mass is 274 g/mol. The lowest BCUT2D eigenvalue weighted by molar-refractivity contribution is -0.138. The van der Waals surface area contributed by atoms with E-state index in [1.165, 1.54) is 19.1 Å². The molecule has 0 spiro atoms. The Morgan fingerprint density at radius 1 is 1.21 bits per heavy atom. The number of carbonyl (C=O) groups is 1. The Bertz CT molecular complexity index is 419. The van der Waals surface area contributed by atoms with E-state index in [1.807, 2.05) is 0 Å². The lowest BCUT2D eigenvalue weighted by atomic mass is 10.1. The molecule has 0 aliphatic rings. The number of rotatable bonds is 6. The summed E-state index contributed by atoms with van der Waals surface area (Å²) in [4.78, 5) is 10.6. The van der Waals surface area contributed by atoms with Crippen LogP contribution in [-0.2, 0) is 17.5 Å². The minimum absolute atomic E-state index is 0.109. The third kappa shape index (κ3) is 5.74. The molecule has 0 atom stereocenters. The SMILES string of the molecule is CC(=O)NCCCNCc1ccccc1C(F)(F)F. The summed E-state index contributed by atoms with van der Waals surface area (Å²) in [6.07, 6.45) is -3.65. The predicted octanol–water partition coefficient (Wildman–Crippen LogP) is 2.32. The molecule has 1 rings (SSSR count). The van der Waals surface area contributed by atoms with Crippen LogP contribution in [0.5, 0.6) is 0 Å². The van der Waals surface area contributed by atoms with Gasteiger partial charge in [-0.25, -0.2) is 0 Å². The quantitative estimate of drug-likeness (QED) is 0.782. The Kier molecular flexibility index (Phi) is 5.82. The lowest BCUT2D eigenvalue weighted by Crippen LogP contribution is -2.25. The van der Waals surface area contributed by atoms with Crippen LogP contribution in [0.4, 0.5) is 13.2 Å². The van der Waals surface area contributed by atoms with Crippen molar-refractivity contribution >= 4 is 5.91 Å². The van der Waals surface area contributed by atoms with Crippen molar-refractivity contribution in [2.24, 2.45) is 0 Å². The highest BCUT2D eigenvalue weighted by Crippen LogP contribution is 2.31. The molecule has 6 heteroatoms. The number of hydrogen-bond acceptors (Lipinski definition) is 2. The van der Waals surface area contributed by atoms with E-state index in [0.717, 1.165) is 6.07 Å². The average molecular weight is 274 g/mol. The van der Waals surface area contributed by atoms with Gasteiger partial charge in [0, 0.05) is 20.0 Å². The van der Waals surface area contributed by atoms with Gasteiger partial charge < -0.3 is 10.6 Å². The summed E-state index contributed by atoms with van der Waals surface area (Å²) in [6, 6.07) is 5.50. The molecule has 19 heavy (non-hydrogen) atoms. The fraction of sp³-hybridized carbons (Fsp3) is 0.462. The maximum Gasteiger partial charge on any atom is 0.416 e. The van der Waals surface area contributed by atoms with Crippen molar-refractivity contribution in [2.75, 3.05) is 13.1 Å². The van der Waals surface area contributed by atoms with Gasteiger partial charge in [0.25, 0.3) is 0 Å². The van der Waals surface area contributed by atoms with E-state index < -0.39 is 11.7 Å². The standard InChI is InChI=1S/C13H17F3N2O/c1-10(19)18-8-4-7-17-9-11-5-2-3-6-12(11)13(14,15)16/h2-3,5-6,17H,4,7-9H2,1H3,(H,18,19). The first-order valence-corrected chi connectivity index (χ1v) is 6.01. The van der Waals surface area contributed by atoms with E-state index >= 15 is 0 Å². The first-order valence-electron chi connectivity index (χ1n) is 6.01. The van der Waals surface area contributed by atoms with Crippen molar-refractivity contribution in [3.8, 4) is 0 Å². The maximum atomic E-state index is 12.7. The zero-order valence-electron chi connectivity index (χ0n) is 10.7. The summed E-state index contributed by atoms with van der Waals surface area (Å²) < 4.78 is 38.1. The maximum absolute atomic E-state index is 12.7. The Balaban J connectivity index is 2.39. The number of alkyl halides is 3. The molecule has 1 amide bonds. The third-order valence-electron chi connectivity index (χ3n) is 2.54. The molecular formula is C13H17F3N2O. The van der Waals surface area contributed by atoms with E-state index in [1.54, 1.807) is 6.07 Å². The summed E-state index contributed by atoms with van der Waals surface area (Å²) in [5.74, 6) is -0.109. The van der Waals surface area contributed by atoms with E-state index in [4.69, 9.17) is 0 Å².